The van der Waals surface area contributed by atoms with E-state index in [1.807, 2.05) is 97.1 Å². The van der Waals surface area contributed by atoms with Crippen molar-refractivity contribution in [2.75, 3.05) is 78.0 Å². The molecule has 0 bridgehead atoms. The number of fused-ring (bicyclic) bond motifs is 9. The van der Waals surface area contributed by atoms with Gasteiger partial charge in [-0.2, -0.15) is 0 Å². The average Bonchev–Trinajstić information content (AvgIpc) is 4.05. The molecule has 4 heterocycles. The van der Waals surface area contributed by atoms with Crippen LogP contribution in [-0.2, 0) is 31.8 Å². The van der Waals surface area contributed by atoms with Gasteiger partial charge in [0.1, 0.15) is 5.75 Å². The van der Waals surface area contributed by atoms with E-state index in [1.165, 1.54) is 8.96 Å². The molecular formula is C52H46BCl2F2N3O5. The van der Waals surface area contributed by atoms with E-state index < -0.39 is 6.97 Å². The molecule has 2 aliphatic carbocycles. The zero-order chi connectivity index (χ0) is 44.2. The van der Waals surface area contributed by atoms with Gasteiger partial charge in [-0.15, -0.1) is 0 Å². The lowest BCUT2D eigenvalue weighted by molar-refractivity contribution is -0.359. The number of aromatic nitrogens is 1. The monoisotopic (exact) mass is 911 g/mol. The van der Waals surface area contributed by atoms with E-state index >= 15 is 8.63 Å². The highest BCUT2D eigenvalue weighted by molar-refractivity contribution is 6.60. The van der Waals surface area contributed by atoms with Gasteiger partial charge in [0.15, 0.2) is 11.4 Å². The van der Waals surface area contributed by atoms with Gasteiger partial charge < -0.3 is 46.2 Å². The largest absolute Gasteiger partial charge is 0.738 e. The van der Waals surface area contributed by atoms with E-state index in [2.05, 4.69) is 11.0 Å². The second-order valence-electron chi connectivity index (χ2n) is 16.8. The molecule has 0 N–H and O–H groups in total. The van der Waals surface area contributed by atoms with Crippen LogP contribution in [0.3, 0.4) is 0 Å². The normalized spacial score (nSPS) is 18.4. The maximum absolute atomic E-state index is 19.0. The van der Waals surface area contributed by atoms with Crippen molar-refractivity contribution in [1.29, 1.82) is 0 Å². The summed E-state index contributed by atoms with van der Waals surface area (Å²) in [6, 6.07) is 37.2. The average molecular weight is 913 g/mol. The molecule has 13 heteroatoms. The van der Waals surface area contributed by atoms with Gasteiger partial charge in [0.05, 0.1) is 76.8 Å². The third-order valence-electron chi connectivity index (χ3n) is 13.1. The number of ether oxygens (including phenoxy) is 5. The third kappa shape index (κ3) is 7.24. The smallest absolute Gasteiger partial charge is 0.495 e. The lowest BCUT2D eigenvalue weighted by atomic mass is 9.80. The fraction of sp³-hybridized carbons (Fsp3) is 0.250. The van der Waals surface area contributed by atoms with E-state index in [-0.39, 0.29) is 0 Å². The van der Waals surface area contributed by atoms with Crippen LogP contribution in [0.25, 0.3) is 33.5 Å². The molecule has 0 atom stereocenters. The molecule has 5 aliphatic rings. The standard InChI is InChI=1S/C52H46BCl2F2N3O5/c1-61-45-32-35(12-17-44(45)58-18-20-62-22-24-64-26-27-65-25-23-63-21-19-58)48-51-46(33-8-4-2-5-9-33)42-30-36-28-38(54)13-15-40(36)49(42)59(51)53(56,57)60-50-41-16-14-39(55)29-37(41)31-43(50)47(52(48)60)34-10-6-3-7-11-34/h2-17,28-29,32H,18-27,30-31H2,1H3. The molecule has 6 aromatic rings. The van der Waals surface area contributed by atoms with Crippen molar-refractivity contribution < 1.29 is 36.8 Å². The van der Waals surface area contributed by atoms with Crippen LogP contribution < -0.4 is 9.64 Å². The second kappa shape index (κ2) is 17.4. The van der Waals surface area contributed by atoms with Gasteiger partial charge in [-0.25, -0.2) is 0 Å². The lowest BCUT2D eigenvalue weighted by Crippen LogP contribution is -2.51. The molecule has 5 aromatic carbocycles. The van der Waals surface area contributed by atoms with Crippen LogP contribution in [0.1, 0.15) is 39.1 Å². The molecule has 0 saturated carbocycles. The van der Waals surface area contributed by atoms with E-state index in [1.54, 1.807) is 19.2 Å². The Balaban J connectivity index is 1.19. The van der Waals surface area contributed by atoms with Crippen LogP contribution in [0.4, 0.5) is 14.3 Å². The van der Waals surface area contributed by atoms with E-state index in [4.69, 9.17) is 46.9 Å². The first-order valence-corrected chi connectivity index (χ1v) is 23.0. The van der Waals surface area contributed by atoms with Crippen molar-refractivity contribution in [3.05, 3.63) is 176 Å². The molecular weight excluding hydrogens is 866 g/mol. The van der Waals surface area contributed by atoms with Gasteiger partial charge in [0.25, 0.3) is 0 Å². The van der Waals surface area contributed by atoms with Gasteiger partial charge >= 0.3 is 6.97 Å². The van der Waals surface area contributed by atoms with E-state index in [9.17, 15) is 0 Å². The highest BCUT2D eigenvalue weighted by Gasteiger charge is 2.61. The zero-order valence-electron chi connectivity index (χ0n) is 35.9. The first-order valence-electron chi connectivity index (χ1n) is 22.2. The Hall–Kier alpha value is -5.53. The minimum Gasteiger partial charge on any atom is -0.495 e. The predicted molar refractivity (Wildman–Crippen MR) is 254 cm³/mol. The molecule has 1 fully saturated rings. The molecule has 1 saturated heterocycles. The second-order valence-corrected chi connectivity index (χ2v) is 17.7. The summed E-state index contributed by atoms with van der Waals surface area (Å²) >= 11 is 13.2. The minimum absolute atomic E-state index is 0.453. The maximum atomic E-state index is 19.0. The Bertz CT molecular complexity index is 2940. The Morgan fingerprint density at radius 3 is 1.82 bits per heavy atom. The molecule has 0 radical (unpaired) electrons. The molecule has 1 aromatic heterocycles. The number of anilines is 1. The summed E-state index contributed by atoms with van der Waals surface area (Å²) in [6.45, 7) is 0.355. The molecule has 3 aliphatic heterocycles. The van der Waals surface area contributed by atoms with Crippen molar-refractivity contribution in [3.63, 3.8) is 0 Å². The highest BCUT2D eigenvalue weighted by atomic mass is 35.5. The Morgan fingerprint density at radius 1 is 0.600 bits per heavy atom. The van der Waals surface area contributed by atoms with Gasteiger partial charge in [-0.1, -0.05) is 96.0 Å². The number of hydrogen-bond acceptors (Lipinski definition) is 6. The van der Waals surface area contributed by atoms with Gasteiger partial charge in [0.2, 0.25) is 0 Å². The molecule has 0 spiro atoms. The van der Waals surface area contributed by atoms with Gasteiger partial charge in [0, 0.05) is 64.1 Å². The van der Waals surface area contributed by atoms with Crippen molar-refractivity contribution in [2.24, 2.45) is 0 Å². The van der Waals surface area contributed by atoms with Crippen molar-refractivity contribution >= 4 is 52.7 Å². The summed E-state index contributed by atoms with van der Waals surface area (Å²) in [5.74, 6) is 0.598. The fourth-order valence-electron chi connectivity index (χ4n) is 10.5. The number of methoxy groups -OCH3 is 1. The van der Waals surface area contributed by atoms with Crippen LogP contribution in [0, 0.1) is 0 Å². The van der Waals surface area contributed by atoms with Crippen LogP contribution in [0.15, 0.2) is 127 Å². The number of rotatable bonds is 5. The molecule has 330 valence electrons. The molecule has 65 heavy (non-hydrogen) atoms. The lowest BCUT2D eigenvalue weighted by Gasteiger charge is -2.35. The predicted octanol–water partition coefficient (Wildman–Crippen LogP) is 10.4. The number of halogens is 4. The summed E-state index contributed by atoms with van der Waals surface area (Å²) in [5.41, 5.74) is 12.6. The topological polar surface area (TPSA) is 57.3 Å². The number of nitrogens with zero attached hydrogens (tertiary/aromatic N) is 3. The zero-order valence-corrected chi connectivity index (χ0v) is 37.4. The fourth-order valence-corrected chi connectivity index (χ4v) is 10.9. The third-order valence-corrected chi connectivity index (χ3v) is 13.6. The Morgan fingerprint density at radius 2 is 1.18 bits per heavy atom. The summed E-state index contributed by atoms with van der Waals surface area (Å²) in [4.78, 5) is 2.19. The first kappa shape index (κ1) is 42.1. The Labute approximate surface area is 386 Å². The van der Waals surface area contributed by atoms with Gasteiger partial charge in [-0.3, -0.25) is 0 Å². The number of allylic oxidation sites excluding steroid dienone is 2. The summed E-state index contributed by atoms with van der Waals surface area (Å²) in [7, 11) is 1.66. The Kier molecular flexibility index (Phi) is 11.3. The summed E-state index contributed by atoms with van der Waals surface area (Å²) < 4.78 is 70.3. The number of benzene rings is 5. The summed E-state index contributed by atoms with van der Waals surface area (Å²) in [6.07, 6.45) is 0.906. The van der Waals surface area contributed by atoms with Crippen molar-refractivity contribution in [1.82, 2.24) is 4.48 Å². The van der Waals surface area contributed by atoms with Crippen LogP contribution in [0.5, 0.6) is 5.75 Å². The number of hydrogen-bond donors (Lipinski definition) is 0. The van der Waals surface area contributed by atoms with Crippen LogP contribution in [0.2, 0.25) is 10.0 Å². The SMILES string of the molecule is COc1cc(C2=C3C(c4ccccc4)=C4Cc5cc(Cl)ccc5C4=[N+]3[B-](F)(F)n3c2c(-c2ccccc2)c2c3-c3ccc(Cl)cc3C2)ccc1N1CCOCCOCCOCCOCC1. The molecule has 0 unspecified atom stereocenters. The van der Waals surface area contributed by atoms with Crippen molar-refractivity contribution in [2.45, 2.75) is 12.8 Å². The molecule has 8 nitrogen and oxygen atoms in total. The molecule has 0 amide bonds. The van der Waals surface area contributed by atoms with Crippen LogP contribution in [-0.4, -0.2) is 94.7 Å². The quantitative estimate of drug-likeness (QED) is 0.160. The van der Waals surface area contributed by atoms with Crippen molar-refractivity contribution in [3.8, 4) is 28.1 Å². The van der Waals surface area contributed by atoms with E-state index in [0.29, 0.717) is 123 Å². The first-order chi connectivity index (χ1) is 31.8. The van der Waals surface area contributed by atoms with Crippen LogP contribution >= 0.6 is 23.2 Å². The minimum atomic E-state index is -4.55. The van der Waals surface area contributed by atoms with Gasteiger partial charge in [-0.05, 0) is 81.4 Å². The highest BCUT2D eigenvalue weighted by Crippen LogP contribution is 2.57. The molecule has 11 rings (SSSR count). The maximum Gasteiger partial charge on any atom is 0.738 e. The summed E-state index contributed by atoms with van der Waals surface area (Å²) in [5, 5.41) is 1.14. The van der Waals surface area contributed by atoms with E-state index in [0.717, 1.165) is 66.9 Å².